The molecule has 0 amide bonds. The Balaban J connectivity index is 1.15. The largest absolute Gasteiger partial charge is 0.491 e. The molecule has 0 heterocycles. The van der Waals surface area contributed by atoms with Gasteiger partial charge in [-0.25, -0.2) is 4.39 Å². The average molecular weight is 489 g/mol. The normalized spacial score (nSPS) is 31.7. The summed E-state index contributed by atoms with van der Waals surface area (Å²) in [6, 6.07) is 3.34. The van der Waals surface area contributed by atoms with Gasteiger partial charge in [0.25, 0.3) is 0 Å². The van der Waals surface area contributed by atoms with Crippen LogP contribution in [0, 0.1) is 35.3 Å². The zero-order valence-electron chi connectivity index (χ0n) is 21.8. The summed E-state index contributed by atoms with van der Waals surface area (Å²) in [5, 5.41) is 0. The molecule has 196 valence electrons. The van der Waals surface area contributed by atoms with E-state index in [4.69, 9.17) is 9.47 Å². The predicted octanol–water partition coefficient (Wildman–Crippen LogP) is 8.99. The summed E-state index contributed by atoms with van der Waals surface area (Å²) in [6.45, 7) is 6.93. The Kier molecular flexibility index (Phi) is 10.1. The maximum Gasteiger partial charge on any atom is 0.200 e. The van der Waals surface area contributed by atoms with Gasteiger partial charge in [-0.15, -0.1) is 6.58 Å². The summed E-state index contributed by atoms with van der Waals surface area (Å²) >= 11 is 0. The molecule has 4 rings (SSSR count). The van der Waals surface area contributed by atoms with Crippen molar-refractivity contribution in [2.45, 2.75) is 109 Å². The van der Waals surface area contributed by atoms with Gasteiger partial charge in [0.15, 0.2) is 11.6 Å². The van der Waals surface area contributed by atoms with Crippen LogP contribution in [-0.4, -0.2) is 19.3 Å². The van der Waals surface area contributed by atoms with Crippen molar-refractivity contribution in [1.82, 2.24) is 0 Å². The lowest BCUT2D eigenvalue weighted by atomic mass is 9.69. The van der Waals surface area contributed by atoms with Gasteiger partial charge < -0.3 is 9.47 Å². The van der Waals surface area contributed by atoms with E-state index in [1.54, 1.807) is 19.1 Å². The minimum absolute atomic E-state index is 0.0256. The van der Waals surface area contributed by atoms with Gasteiger partial charge in [-0.1, -0.05) is 25.0 Å². The van der Waals surface area contributed by atoms with Crippen LogP contribution < -0.4 is 4.74 Å². The van der Waals surface area contributed by atoms with Crippen LogP contribution in [0.25, 0.3) is 0 Å². The number of ether oxygens (including phenoxy) is 2. The highest BCUT2D eigenvalue weighted by Crippen LogP contribution is 2.44. The van der Waals surface area contributed by atoms with Gasteiger partial charge in [-0.2, -0.15) is 4.39 Å². The van der Waals surface area contributed by atoms with Gasteiger partial charge in [0.05, 0.1) is 12.7 Å². The van der Waals surface area contributed by atoms with Crippen molar-refractivity contribution in [1.29, 1.82) is 0 Å². The van der Waals surface area contributed by atoms with Crippen molar-refractivity contribution in [2.24, 2.45) is 23.7 Å². The minimum atomic E-state index is -0.828. The Morgan fingerprint density at radius 1 is 0.829 bits per heavy atom. The van der Waals surface area contributed by atoms with Crippen LogP contribution in [0.1, 0.15) is 108 Å². The summed E-state index contributed by atoms with van der Waals surface area (Å²) in [5.41, 5.74) is 0.538. The Labute approximate surface area is 211 Å². The molecular weight excluding hydrogens is 442 g/mol. The molecule has 0 unspecified atom stereocenters. The fourth-order valence-corrected chi connectivity index (χ4v) is 7.07. The molecule has 3 fully saturated rings. The molecule has 0 aliphatic heterocycles. The zero-order chi connectivity index (χ0) is 24.6. The SMILES string of the molecule is C=CCCC1CCC(COC2CCC(C3CCC(c4ccc(OCC)c(F)c4F)CC3)CC2)CC1. The summed E-state index contributed by atoms with van der Waals surface area (Å²) in [6.07, 6.45) is 19.5. The van der Waals surface area contributed by atoms with E-state index in [0.717, 1.165) is 62.4 Å². The monoisotopic (exact) mass is 488 g/mol. The molecule has 0 radical (unpaired) electrons. The van der Waals surface area contributed by atoms with Crippen molar-refractivity contribution in [3.8, 4) is 5.75 Å². The number of halogens is 2. The highest BCUT2D eigenvalue weighted by molar-refractivity contribution is 5.33. The molecular formula is C31H46F2O2. The lowest BCUT2D eigenvalue weighted by molar-refractivity contribution is -0.0165. The first-order valence-electron chi connectivity index (χ1n) is 14.4. The molecule has 0 spiro atoms. The van der Waals surface area contributed by atoms with E-state index >= 15 is 0 Å². The molecule has 0 aromatic heterocycles. The maximum absolute atomic E-state index is 14.7. The Hall–Kier alpha value is -1.42. The first-order chi connectivity index (χ1) is 17.1. The van der Waals surface area contributed by atoms with E-state index in [1.807, 2.05) is 0 Å². The third-order valence-corrected chi connectivity index (χ3v) is 9.29. The number of hydrogen-bond acceptors (Lipinski definition) is 2. The second-order valence-corrected chi connectivity index (χ2v) is 11.4. The molecule has 0 atom stereocenters. The predicted molar refractivity (Wildman–Crippen MR) is 139 cm³/mol. The van der Waals surface area contributed by atoms with E-state index in [9.17, 15) is 8.78 Å². The van der Waals surface area contributed by atoms with Crippen LogP contribution >= 0.6 is 0 Å². The third kappa shape index (κ3) is 7.08. The van der Waals surface area contributed by atoms with Crippen LogP contribution in [0.3, 0.4) is 0 Å². The van der Waals surface area contributed by atoms with Crippen molar-refractivity contribution in [2.75, 3.05) is 13.2 Å². The molecule has 2 nitrogen and oxygen atoms in total. The van der Waals surface area contributed by atoms with Crippen molar-refractivity contribution >= 4 is 0 Å². The van der Waals surface area contributed by atoms with E-state index < -0.39 is 11.6 Å². The van der Waals surface area contributed by atoms with Gasteiger partial charge in [0.2, 0.25) is 5.82 Å². The van der Waals surface area contributed by atoms with Gasteiger partial charge >= 0.3 is 0 Å². The lowest BCUT2D eigenvalue weighted by Gasteiger charge is -2.38. The fraction of sp³-hybridized carbons (Fsp3) is 0.742. The highest BCUT2D eigenvalue weighted by Gasteiger charge is 2.33. The van der Waals surface area contributed by atoms with Gasteiger partial charge in [-0.3, -0.25) is 0 Å². The van der Waals surface area contributed by atoms with Crippen LogP contribution in [0.15, 0.2) is 24.8 Å². The van der Waals surface area contributed by atoms with E-state index in [1.165, 1.54) is 57.8 Å². The molecule has 4 heteroatoms. The summed E-state index contributed by atoms with van der Waals surface area (Å²) < 4.78 is 40.6. The van der Waals surface area contributed by atoms with Crippen molar-refractivity contribution < 1.29 is 18.3 Å². The second-order valence-electron chi connectivity index (χ2n) is 11.4. The van der Waals surface area contributed by atoms with Crippen LogP contribution in [0.4, 0.5) is 8.78 Å². The van der Waals surface area contributed by atoms with E-state index in [-0.39, 0.29) is 11.7 Å². The van der Waals surface area contributed by atoms with E-state index in [2.05, 4.69) is 12.7 Å². The Bertz CT molecular complexity index is 785. The standard InChI is InChI=1S/C31H46F2O2/c1-3-5-6-22-7-9-23(10-8-22)21-35-27-17-15-25(16-18-27)24-11-13-26(14-12-24)28-19-20-29(34-4-2)31(33)30(28)32/h3,19-20,22-27H,1,4-18,21H2,2H3. The molecule has 1 aromatic rings. The fourth-order valence-electron chi connectivity index (χ4n) is 7.07. The molecule has 3 aliphatic rings. The van der Waals surface area contributed by atoms with E-state index in [0.29, 0.717) is 18.3 Å². The first-order valence-corrected chi connectivity index (χ1v) is 14.4. The number of benzene rings is 1. The maximum atomic E-state index is 14.7. The highest BCUT2D eigenvalue weighted by atomic mass is 19.2. The molecule has 35 heavy (non-hydrogen) atoms. The van der Waals surface area contributed by atoms with Crippen molar-refractivity contribution in [3.63, 3.8) is 0 Å². The molecule has 1 aromatic carbocycles. The molecule has 0 N–H and O–H groups in total. The number of rotatable bonds is 10. The smallest absolute Gasteiger partial charge is 0.200 e. The lowest BCUT2D eigenvalue weighted by Crippen LogP contribution is -2.30. The van der Waals surface area contributed by atoms with Crippen molar-refractivity contribution in [3.05, 3.63) is 42.0 Å². The number of allylic oxidation sites excluding steroid dienone is 1. The summed E-state index contributed by atoms with van der Waals surface area (Å²) in [5.74, 6) is 1.79. The second kappa shape index (κ2) is 13.2. The molecule has 3 saturated carbocycles. The topological polar surface area (TPSA) is 18.5 Å². The minimum Gasteiger partial charge on any atom is -0.491 e. The quantitative estimate of drug-likeness (QED) is 0.306. The van der Waals surface area contributed by atoms with Gasteiger partial charge in [0, 0.05) is 6.61 Å². The Morgan fingerprint density at radius 3 is 2.09 bits per heavy atom. The molecule has 0 saturated heterocycles. The Morgan fingerprint density at radius 2 is 1.46 bits per heavy atom. The third-order valence-electron chi connectivity index (χ3n) is 9.29. The molecule has 3 aliphatic carbocycles. The zero-order valence-corrected chi connectivity index (χ0v) is 21.8. The number of hydrogen-bond donors (Lipinski definition) is 0. The molecule has 0 bridgehead atoms. The average Bonchev–Trinajstić information content (AvgIpc) is 2.90. The summed E-state index contributed by atoms with van der Waals surface area (Å²) in [7, 11) is 0. The van der Waals surface area contributed by atoms with Crippen LogP contribution in [-0.2, 0) is 4.74 Å². The van der Waals surface area contributed by atoms with Gasteiger partial charge in [0.1, 0.15) is 0 Å². The van der Waals surface area contributed by atoms with Crippen LogP contribution in [0.5, 0.6) is 5.75 Å². The summed E-state index contributed by atoms with van der Waals surface area (Å²) in [4.78, 5) is 0. The van der Waals surface area contributed by atoms with Gasteiger partial charge in [-0.05, 0) is 125 Å². The first kappa shape index (κ1) is 26.6. The van der Waals surface area contributed by atoms with Crippen LogP contribution in [0.2, 0.25) is 0 Å².